The molecule has 0 amide bonds. The first-order valence-electron chi connectivity index (χ1n) is 7.59. The van der Waals surface area contributed by atoms with E-state index in [-0.39, 0.29) is 5.54 Å². The predicted octanol–water partition coefficient (Wildman–Crippen LogP) is 3.39. The number of ether oxygens (including phenoxy) is 1. The predicted molar refractivity (Wildman–Crippen MR) is 88.6 cm³/mol. The van der Waals surface area contributed by atoms with Gasteiger partial charge in [0.25, 0.3) is 0 Å². The van der Waals surface area contributed by atoms with Crippen molar-refractivity contribution in [3.05, 3.63) is 42.4 Å². The van der Waals surface area contributed by atoms with Crippen molar-refractivity contribution in [2.75, 3.05) is 6.61 Å². The largest absolute Gasteiger partial charge is 0.490 e. The lowest BCUT2D eigenvalue weighted by Crippen LogP contribution is -2.43. The highest BCUT2D eigenvalue weighted by atomic mass is 16.5. The topological polar surface area (TPSA) is 61.0 Å². The van der Waals surface area contributed by atoms with E-state index in [1.165, 1.54) is 0 Å². The minimum Gasteiger partial charge on any atom is -0.490 e. The molecule has 2 heterocycles. The smallest absolute Gasteiger partial charge is 0.140 e. The Balaban J connectivity index is 2.08. The molecule has 2 aromatic heterocycles. The fourth-order valence-electron chi connectivity index (χ4n) is 2.57. The van der Waals surface area contributed by atoms with Gasteiger partial charge in [0.2, 0.25) is 0 Å². The summed E-state index contributed by atoms with van der Waals surface area (Å²) < 4.78 is 5.89. The van der Waals surface area contributed by atoms with Crippen molar-refractivity contribution in [1.29, 1.82) is 0 Å². The van der Waals surface area contributed by atoms with Gasteiger partial charge in [0.05, 0.1) is 17.6 Å². The molecule has 0 saturated heterocycles. The van der Waals surface area contributed by atoms with Crippen molar-refractivity contribution in [3.8, 4) is 17.0 Å². The van der Waals surface area contributed by atoms with E-state index in [1.54, 1.807) is 6.20 Å². The number of nitrogens with two attached hydrogens (primary N) is 1. The van der Waals surface area contributed by atoms with Crippen LogP contribution in [0.4, 0.5) is 0 Å². The van der Waals surface area contributed by atoms with Gasteiger partial charge in [-0.05, 0) is 50.5 Å². The van der Waals surface area contributed by atoms with E-state index >= 15 is 0 Å². The zero-order valence-corrected chi connectivity index (χ0v) is 13.8. The zero-order chi connectivity index (χ0) is 16.2. The molecule has 1 unspecified atom stereocenters. The average Bonchev–Trinajstić information content (AvgIpc) is 2.45. The first kappa shape index (κ1) is 16.4. The van der Waals surface area contributed by atoms with Crippen LogP contribution in [-0.2, 0) is 0 Å². The van der Waals surface area contributed by atoms with Crippen LogP contribution in [0, 0.1) is 19.0 Å². The second-order valence-corrected chi connectivity index (χ2v) is 6.49. The summed E-state index contributed by atoms with van der Waals surface area (Å²) in [5.41, 5.74) is 8.69. The van der Waals surface area contributed by atoms with Gasteiger partial charge >= 0.3 is 0 Å². The van der Waals surface area contributed by atoms with Crippen LogP contribution in [0.1, 0.15) is 32.9 Å². The van der Waals surface area contributed by atoms with Crippen molar-refractivity contribution in [1.82, 2.24) is 9.97 Å². The Labute approximate surface area is 132 Å². The SMILES string of the molecule is Cc1nc(-c2c[c]ncc2)ccc1OCC(C)(N)CC(C)C. The lowest BCUT2D eigenvalue weighted by atomic mass is 9.93. The molecule has 2 rings (SSSR count). The third kappa shape index (κ3) is 4.53. The number of hydrogen-bond acceptors (Lipinski definition) is 4. The van der Waals surface area contributed by atoms with Crippen LogP contribution in [0.3, 0.4) is 0 Å². The van der Waals surface area contributed by atoms with E-state index in [4.69, 9.17) is 10.5 Å². The first-order chi connectivity index (χ1) is 10.4. The lowest BCUT2D eigenvalue weighted by molar-refractivity contribution is 0.205. The Kier molecular flexibility index (Phi) is 5.14. The maximum absolute atomic E-state index is 6.28. The van der Waals surface area contributed by atoms with Gasteiger partial charge in [-0.25, -0.2) is 4.98 Å². The van der Waals surface area contributed by atoms with Gasteiger partial charge in [-0.1, -0.05) is 13.8 Å². The summed E-state index contributed by atoms with van der Waals surface area (Å²) in [4.78, 5) is 8.49. The molecule has 4 nitrogen and oxygen atoms in total. The summed E-state index contributed by atoms with van der Waals surface area (Å²) in [5.74, 6) is 1.32. The van der Waals surface area contributed by atoms with Crippen LogP contribution < -0.4 is 10.5 Å². The van der Waals surface area contributed by atoms with Gasteiger partial charge in [0.1, 0.15) is 12.4 Å². The molecule has 0 spiro atoms. The minimum absolute atomic E-state index is 0.334. The van der Waals surface area contributed by atoms with Crippen molar-refractivity contribution in [2.45, 2.75) is 39.7 Å². The van der Waals surface area contributed by atoms with Crippen molar-refractivity contribution >= 4 is 0 Å². The second-order valence-electron chi connectivity index (χ2n) is 6.49. The van der Waals surface area contributed by atoms with Gasteiger partial charge < -0.3 is 10.5 Å². The molecule has 0 aliphatic heterocycles. The summed E-state index contributed by atoms with van der Waals surface area (Å²) in [5, 5.41) is 0. The van der Waals surface area contributed by atoms with E-state index < -0.39 is 0 Å². The van der Waals surface area contributed by atoms with Crippen LogP contribution in [0.25, 0.3) is 11.3 Å². The van der Waals surface area contributed by atoms with Crippen LogP contribution in [0.2, 0.25) is 0 Å². The van der Waals surface area contributed by atoms with Crippen LogP contribution in [-0.4, -0.2) is 22.1 Å². The molecule has 0 saturated carbocycles. The van der Waals surface area contributed by atoms with Crippen LogP contribution >= 0.6 is 0 Å². The molecule has 0 aromatic carbocycles. The number of aromatic nitrogens is 2. The fourth-order valence-corrected chi connectivity index (χ4v) is 2.57. The van der Waals surface area contributed by atoms with Crippen molar-refractivity contribution in [3.63, 3.8) is 0 Å². The third-order valence-electron chi connectivity index (χ3n) is 3.39. The molecule has 2 N–H and O–H groups in total. The molecule has 1 radical (unpaired) electrons. The van der Waals surface area contributed by atoms with Crippen LogP contribution in [0.15, 0.2) is 30.5 Å². The van der Waals surface area contributed by atoms with Crippen molar-refractivity contribution < 1.29 is 4.74 Å². The van der Waals surface area contributed by atoms with Gasteiger partial charge in [-0.2, -0.15) is 0 Å². The summed E-state index contributed by atoms with van der Waals surface area (Å²) in [6.07, 6.45) is 5.45. The van der Waals surface area contributed by atoms with Crippen LogP contribution in [0.5, 0.6) is 5.75 Å². The van der Waals surface area contributed by atoms with Gasteiger partial charge in [-0.3, -0.25) is 4.98 Å². The zero-order valence-electron chi connectivity index (χ0n) is 13.8. The number of rotatable bonds is 6. The number of hydrogen-bond donors (Lipinski definition) is 1. The monoisotopic (exact) mass is 298 g/mol. The molecular weight excluding hydrogens is 274 g/mol. The highest BCUT2D eigenvalue weighted by Crippen LogP contribution is 2.23. The Morgan fingerprint density at radius 2 is 2.09 bits per heavy atom. The van der Waals surface area contributed by atoms with E-state index in [0.29, 0.717) is 12.5 Å². The standard InChI is InChI=1S/C18H24N3O/c1-13(2)11-18(4,19)12-22-17-6-5-16(21-14(17)3)15-7-9-20-10-8-15/h5-9,13H,11-12,19H2,1-4H3. The van der Waals surface area contributed by atoms with E-state index in [9.17, 15) is 0 Å². The summed E-state index contributed by atoms with van der Waals surface area (Å²) in [7, 11) is 0. The summed E-state index contributed by atoms with van der Waals surface area (Å²) in [6.45, 7) is 8.78. The van der Waals surface area contributed by atoms with E-state index in [2.05, 4.69) is 30.0 Å². The highest BCUT2D eigenvalue weighted by molar-refractivity contribution is 5.59. The number of aryl methyl sites for hydroxylation is 1. The summed E-state index contributed by atoms with van der Waals surface area (Å²) in [6, 6.07) is 7.63. The van der Waals surface area contributed by atoms with Gasteiger partial charge in [0.15, 0.2) is 0 Å². The Hall–Kier alpha value is -1.94. The second kappa shape index (κ2) is 6.88. The van der Waals surface area contributed by atoms with E-state index in [0.717, 1.165) is 29.1 Å². The first-order valence-corrected chi connectivity index (χ1v) is 7.59. The Morgan fingerprint density at radius 1 is 1.32 bits per heavy atom. The maximum atomic E-state index is 6.28. The molecule has 0 bridgehead atoms. The third-order valence-corrected chi connectivity index (χ3v) is 3.39. The quantitative estimate of drug-likeness (QED) is 0.888. The Bertz CT molecular complexity index is 609. The molecule has 4 heteroatoms. The number of pyridine rings is 2. The summed E-state index contributed by atoms with van der Waals surface area (Å²) >= 11 is 0. The van der Waals surface area contributed by atoms with Gasteiger partial charge in [0, 0.05) is 17.3 Å². The maximum Gasteiger partial charge on any atom is 0.140 e. The number of nitrogens with zero attached hydrogens (tertiary/aromatic N) is 2. The highest BCUT2D eigenvalue weighted by Gasteiger charge is 2.21. The molecule has 2 aromatic rings. The average molecular weight is 298 g/mol. The lowest BCUT2D eigenvalue weighted by Gasteiger charge is -2.27. The molecule has 0 fully saturated rings. The normalized spacial score (nSPS) is 13.9. The van der Waals surface area contributed by atoms with E-state index in [1.807, 2.05) is 38.1 Å². The minimum atomic E-state index is -0.334. The molecule has 117 valence electrons. The molecule has 0 aliphatic rings. The molecule has 1 atom stereocenters. The van der Waals surface area contributed by atoms with Crippen molar-refractivity contribution in [2.24, 2.45) is 11.7 Å². The fraction of sp³-hybridized carbons (Fsp3) is 0.444. The Morgan fingerprint density at radius 3 is 2.68 bits per heavy atom. The molecular formula is C18H24N3O. The molecule has 0 aliphatic carbocycles. The molecule has 22 heavy (non-hydrogen) atoms. The van der Waals surface area contributed by atoms with Gasteiger partial charge in [-0.15, -0.1) is 0 Å².